The van der Waals surface area contributed by atoms with E-state index in [0.717, 1.165) is 28.3 Å². The number of nitrogens with zero attached hydrogens (tertiary/aromatic N) is 1. The molecule has 0 amide bonds. The van der Waals surface area contributed by atoms with Crippen LogP contribution in [0.25, 0.3) is 11.1 Å². The Morgan fingerprint density at radius 3 is 2.33 bits per heavy atom. The third kappa shape index (κ3) is 2.19. The van der Waals surface area contributed by atoms with Crippen LogP contribution in [0.3, 0.4) is 0 Å². The van der Waals surface area contributed by atoms with Crippen LogP contribution < -0.4 is 15.2 Å². The van der Waals surface area contributed by atoms with Crippen LogP contribution in [0.5, 0.6) is 11.5 Å². The highest BCUT2D eigenvalue weighted by atomic mass is 16.5. The lowest BCUT2D eigenvalue weighted by Crippen LogP contribution is -2.01. The number of methoxy groups -OCH3 is 2. The lowest BCUT2D eigenvalue weighted by molar-refractivity contribution is 0.355. The predicted molar refractivity (Wildman–Crippen MR) is 71.8 cm³/mol. The standard InChI is InChI=1S/C14H18N2O2/c1-16-9-11(6-12(16)8-15)10-4-5-13(17-2)14(7-10)18-3/h4-7,9H,8,15H2,1-3H3. The Hall–Kier alpha value is -1.94. The summed E-state index contributed by atoms with van der Waals surface area (Å²) in [7, 11) is 5.26. The summed E-state index contributed by atoms with van der Waals surface area (Å²) in [6, 6.07) is 7.97. The molecular formula is C14H18N2O2. The van der Waals surface area contributed by atoms with Crippen molar-refractivity contribution in [2.45, 2.75) is 6.54 Å². The fourth-order valence-electron chi connectivity index (χ4n) is 1.99. The summed E-state index contributed by atoms with van der Waals surface area (Å²) in [5.41, 5.74) is 8.99. The van der Waals surface area contributed by atoms with E-state index in [1.807, 2.05) is 29.8 Å². The van der Waals surface area contributed by atoms with Crippen LogP contribution in [0.1, 0.15) is 5.69 Å². The molecule has 0 bridgehead atoms. The summed E-state index contributed by atoms with van der Waals surface area (Å²) in [6.07, 6.45) is 2.06. The van der Waals surface area contributed by atoms with Crippen molar-refractivity contribution < 1.29 is 9.47 Å². The molecule has 0 aliphatic carbocycles. The van der Waals surface area contributed by atoms with Gasteiger partial charge in [0, 0.05) is 25.5 Å². The monoisotopic (exact) mass is 246 g/mol. The molecule has 0 saturated carbocycles. The quantitative estimate of drug-likeness (QED) is 0.899. The molecule has 1 heterocycles. The van der Waals surface area contributed by atoms with Crippen molar-refractivity contribution in [3.63, 3.8) is 0 Å². The molecule has 0 saturated heterocycles. The van der Waals surface area contributed by atoms with Crippen LogP contribution in [0.4, 0.5) is 0 Å². The molecule has 0 aliphatic heterocycles. The van der Waals surface area contributed by atoms with E-state index in [-0.39, 0.29) is 0 Å². The second-order valence-corrected chi connectivity index (χ2v) is 4.10. The van der Waals surface area contributed by atoms with E-state index in [1.165, 1.54) is 0 Å². The lowest BCUT2D eigenvalue weighted by Gasteiger charge is -2.08. The van der Waals surface area contributed by atoms with E-state index in [1.54, 1.807) is 14.2 Å². The van der Waals surface area contributed by atoms with Gasteiger partial charge < -0.3 is 19.8 Å². The van der Waals surface area contributed by atoms with E-state index in [0.29, 0.717) is 6.54 Å². The molecule has 18 heavy (non-hydrogen) atoms. The molecule has 0 fully saturated rings. The van der Waals surface area contributed by atoms with Gasteiger partial charge in [0.2, 0.25) is 0 Å². The van der Waals surface area contributed by atoms with Crippen LogP contribution >= 0.6 is 0 Å². The Kier molecular flexibility index (Phi) is 3.58. The third-order valence-electron chi connectivity index (χ3n) is 3.03. The van der Waals surface area contributed by atoms with Crippen molar-refractivity contribution in [2.24, 2.45) is 12.8 Å². The van der Waals surface area contributed by atoms with E-state index >= 15 is 0 Å². The molecule has 0 atom stereocenters. The first kappa shape index (κ1) is 12.5. The molecular weight excluding hydrogens is 228 g/mol. The molecule has 4 heteroatoms. The Bertz CT molecular complexity index is 547. The number of hydrogen-bond donors (Lipinski definition) is 1. The average molecular weight is 246 g/mol. The Balaban J connectivity index is 2.44. The molecule has 0 radical (unpaired) electrons. The van der Waals surface area contributed by atoms with Gasteiger partial charge in [-0.1, -0.05) is 6.07 Å². The highest BCUT2D eigenvalue weighted by Crippen LogP contribution is 2.32. The zero-order chi connectivity index (χ0) is 13.1. The average Bonchev–Trinajstić information content (AvgIpc) is 2.79. The van der Waals surface area contributed by atoms with Crippen LogP contribution in [0, 0.1) is 0 Å². The molecule has 4 nitrogen and oxygen atoms in total. The van der Waals surface area contributed by atoms with Gasteiger partial charge in [0.05, 0.1) is 14.2 Å². The number of nitrogens with two attached hydrogens (primary N) is 1. The number of rotatable bonds is 4. The number of aryl methyl sites for hydroxylation is 1. The van der Waals surface area contributed by atoms with Gasteiger partial charge >= 0.3 is 0 Å². The van der Waals surface area contributed by atoms with Gasteiger partial charge in [-0.2, -0.15) is 0 Å². The van der Waals surface area contributed by atoms with E-state index in [2.05, 4.69) is 12.3 Å². The maximum atomic E-state index is 5.68. The summed E-state index contributed by atoms with van der Waals surface area (Å²) in [6.45, 7) is 0.532. The molecule has 2 aromatic rings. The SMILES string of the molecule is COc1ccc(-c2cc(CN)n(C)c2)cc1OC. The van der Waals surface area contributed by atoms with Crippen LogP contribution in [-0.4, -0.2) is 18.8 Å². The normalized spacial score (nSPS) is 10.4. The van der Waals surface area contributed by atoms with Gasteiger partial charge in [-0.3, -0.25) is 0 Å². The summed E-state index contributed by atoms with van der Waals surface area (Å²) < 4.78 is 12.6. The highest BCUT2D eigenvalue weighted by molar-refractivity contribution is 5.67. The first-order valence-electron chi connectivity index (χ1n) is 5.77. The van der Waals surface area contributed by atoms with Gasteiger partial charge in [0.1, 0.15) is 0 Å². The largest absolute Gasteiger partial charge is 0.493 e. The van der Waals surface area contributed by atoms with Gasteiger partial charge in [-0.25, -0.2) is 0 Å². The Labute approximate surface area is 107 Å². The zero-order valence-corrected chi connectivity index (χ0v) is 10.9. The van der Waals surface area contributed by atoms with Gasteiger partial charge in [-0.05, 0) is 29.3 Å². The highest BCUT2D eigenvalue weighted by Gasteiger charge is 2.08. The van der Waals surface area contributed by atoms with Gasteiger partial charge in [0.15, 0.2) is 11.5 Å². The van der Waals surface area contributed by atoms with Crippen molar-refractivity contribution in [2.75, 3.05) is 14.2 Å². The minimum absolute atomic E-state index is 0.532. The number of benzene rings is 1. The van der Waals surface area contributed by atoms with Crippen LogP contribution in [-0.2, 0) is 13.6 Å². The fraction of sp³-hybridized carbons (Fsp3) is 0.286. The van der Waals surface area contributed by atoms with Crippen LogP contribution in [0.2, 0.25) is 0 Å². The smallest absolute Gasteiger partial charge is 0.161 e. The molecule has 0 spiro atoms. The topological polar surface area (TPSA) is 49.4 Å². The van der Waals surface area contributed by atoms with Gasteiger partial charge in [-0.15, -0.1) is 0 Å². The number of hydrogen-bond acceptors (Lipinski definition) is 3. The minimum Gasteiger partial charge on any atom is -0.493 e. The van der Waals surface area contributed by atoms with Gasteiger partial charge in [0.25, 0.3) is 0 Å². The van der Waals surface area contributed by atoms with Crippen molar-refractivity contribution in [1.82, 2.24) is 4.57 Å². The first-order chi connectivity index (χ1) is 8.69. The maximum Gasteiger partial charge on any atom is 0.161 e. The second kappa shape index (κ2) is 5.14. The molecule has 1 aromatic heterocycles. The number of ether oxygens (including phenoxy) is 2. The number of aromatic nitrogens is 1. The third-order valence-corrected chi connectivity index (χ3v) is 3.03. The van der Waals surface area contributed by atoms with Crippen LogP contribution in [0.15, 0.2) is 30.5 Å². The molecule has 0 aliphatic rings. The molecule has 2 rings (SSSR count). The summed E-state index contributed by atoms with van der Waals surface area (Å²) in [5.74, 6) is 1.46. The Morgan fingerprint density at radius 1 is 1.06 bits per heavy atom. The summed E-state index contributed by atoms with van der Waals surface area (Å²) in [5, 5.41) is 0. The molecule has 0 unspecified atom stereocenters. The first-order valence-corrected chi connectivity index (χ1v) is 5.77. The molecule has 2 N–H and O–H groups in total. The van der Waals surface area contributed by atoms with E-state index in [9.17, 15) is 0 Å². The summed E-state index contributed by atoms with van der Waals surface area (Å²) >= 11 is 0. The van der Waals surface area contributed by atoms with E-state index < -0.39 is 0 Å². The lowest BCUT2D eigenvalue weighted by atomic mass is 10.1. The molecule has 96 valence electrons. The van der Waals surface area contributed by atoms with Crippen molar-refractivity contribution >= 4 is 0 Å². The minimum atomic E-state index is 0.532. The summed E-state index contributed by atoms with van der Waals surface area (Å²) in [4.78, 5) is 0. The fourth-order valence-corrected chi connectivity index (χ4v) is 1.99. The molecule has 1 aromatic carbocycles. The van der Waals surface area contributed by atoms with Crippen molar-refractivity contribution in [1.29, 1.82) is 0 Å². The predicted octanol–water partition coefficient (Wildman–Crippen LogP) is 2.17. The maximum absolute atomic E-state index is 5.68. The van der Waals surface area contributed by atoms with Crippen molar-refractivity contribution in [3.05, 3.63) is 36.2 Å². The van der Waals surface area contributed by atoms with Crippen molar-refractivity contribution in [3.8, 4) is 22.6 Å². The van der Waals surface area contributed by atoms with E-state index in [4.69, 9.17) is 15.2 Å². The Morgan fingerprint density at radius 2 is 1.78 bits per heavy atom. The zero-order valence-electron chi connectivity index (χ0n) is 10.9. The second-order valence-electron chi connectivity index (χ2n) is 4.10.